The zero-order chi connectivity index (χ0) is 23.8. The Morgan fingerprint density at radius 2 is 1.97 bits per heavy atom. The molecule has 0 atom stereocenters. The highest BCUT2D eigenvalue weighted by molar-refractivity contribution is 9.10. The summed E-state index contributed by atoms with van der Waals surface area (Å²) in [6, 6.07) is 12.9. The molecule has 0 fully saturated rings. The number of thiophene rings is 1. The van der Waals surface area contributed by atoms with E-state index in [0.717, 1.165) is 46.1 Å². The molecule has 5 nitrogen and oxygen atoms in total. The van der Waals surface area contributed by atoms with Crippen LogP contribution in [0.5, 0.6) is 0 Å². The first-order valence-corrected chi connectivity index (χ1v) is 13.9. The molecule has 2 aromatic heterocycles. The first-order chi connectivity index (χ1) is 16.4. The van der Waals surface area contributed by atoms with E-state index in [1.54, 1.807) is 28.0 Å². The smallest absolute Gasteiger partial charge is 0.267 e. The Kier molecular flexibility index (Phi) is 6.84. The van der Waals surface area contributed by atoms with Crippen LogP contribution < -0.4 is 10.9 Å². The van der Waals surface area contributed by atoms with Crippen molar-refractivity contribution in [3.05, 3.63) is 78.3 Å². The van der Waals surface area contributed by atoms with Crippen molar-refractivity contribution in [1.82, 2.24) is 9.55 Å². The standard InChI is InChI=1S/C25H21BrClN3O2S2/c1-14-6-11-19(18(26)12-14)28-21(31)13-33-25-29-23-22(17-4-2-3-5-20(17)34-23)24(32)30(25)16-9-7-15(27)8-10-16/h6-12H,2-5,13H2,1H3,(H,28,31). The lowest BCUT2D eigenvalue weighted by Crippen LogP contribution is -2.23. The summed E-state index contributed by atoms with van der Waals surface area (Å²) in [6.07, 6.45) is 4.13. The maximum atomic E-state index is 13.8. The van der Waals surface area contributed by atoms with Gasteiger partial charge in [-0.1, -0.05) is 29.4 Å². The number of hydrogen-bond donors (Lipinski definition) is 1. The van der Waals surface area contributed by atoms with Crippen molar-refractivity contribution < 1.29 is 4.79 Å². The molecule has 34 heavy (non-hydrogen) atoms. The number of nitrogens with zero attached hydrogens (tertiary/aromatic N) is 2. The summed E-state index contributed by atoms with van der Waals surface area (Å²) in [5, 5.41) is 4.73. The summed E-state index contributed by atoms with van der Waals surface area (Å²) >= 11 is 12.4. The molecule has 0 aliphatic heterocycles. The third-order valence-electron chi connectivity index (χ3n) is 5.77. The van der Waals surface area contributed by atoms with Crippen LogP contribution in [0.4, 0.5) is 5.69 Å². The number of aryl methyl sites for hydroxylation is 3. The summed E-state index contributed by atoms with van der Waals surface area (Å²) in [5.41, 5.74) is 3.55. The van der Waals surface area contributed by atoms with Crippen LogP contribution in [-0.2, 0) is 17.6 Å². The van der Waals surface area contributed by atoms with E-state index in [4.69, 9.17) is 16.6 Å². The lowest BCUT2D eigenvalue weighted by molar-refractivity contribution is -0.113. The van der Waals surface area contributed by atoms with Gasteiger partial charge >= 0.3 is 0 Å². The van der Waals surface area contributed by atoms with E-state index in [9.17, 15) is 9.59 Å². The molecule has 4 aromatic rings. The van der Waals surface area contributed by atoms with Crippen LogP contribution in [-0.4, -0.2) is 21.2 Å². The maximum absolute atomic E-state index is 13.8. The number of anilines is 1. The number of hydrogen-bond acceptors (Lipinski definition) is 5. The third kappa shape index (κ3) is 4.69. The minimum atomic E-state index is -0.169. The van der Waals surface area contributed by atoms with E-state index in [-0.39, 0.29) is 17.2 Å². The van der Waals surface area contributed by atoms with Gasteiger partial charge in [0, 0.05) is 14.4 Å². The Hall–Kier alpha value is -2.13. The molecular weight excluding hydrogens is 554 g/mol. The number of aromatic nitrogens is 2. The fourth-order valence-corrected chi connectivity index (χ4v) is 6.97. The van der Waals surface area contributed by atoms with Crippen molar-refractivity contribution in [2.75, 3.05) is 11.1 Å². The Morgan fingerprint density at radius 1 is 1.21 bits per heavy atom. The van der Waals surface area contributed by atoms with Crippen LogP contribution >= 0.6 is 50.6 Å². The van der Waals surface area contributed by atoms with Crippen molar-refractivity contribution in [3.63, 3.8) is 0 Å². The Morgan fingerprint density at radius 3 is 2.74 bits per heavy atom. The second-order valence-electron chi connectivity index (χ2n) is 8.22. The summed E-state index contributed by atoms with van der Waals surface area (Å²) in [4.78, 5) is 33.4. The van der Waals surface area contributed by atoms with E-state index < -0.39 is 0 Å². The van der Waals surface area contributed by atoms with Gasteiger partial charge in [-0.05, 0) is 96.1 Å². The molecule has 1 amide bonds. The molecular formula is C25H21BrClN3O2S2. The monoisotopic (exact) mass is 573 g/mol. The summed E-state index contributed by atoms with van der Waals surface area (Å²) in [6.45, 7) is 1.99. The minimum Gasteiger partial charge on any atom is -0.324 e. The Labute approximate surface area is 218 Å². The molecule has 174 valence electrons. The predicted octanol–water partition coefficient (Wildman–Crippen LogP) is 6.78. The minimum absolute atomic E-state index is 0.0871. The van der Waals surface area contributed by atoms with Gasteiger partial charge in [-0.15, -0.1) is 11.3 Å². The highest BCUT2D eigenvalue weighted by Gasteiger charge is 2.23. The van der Waals surface area contributed by atoms with E-state index in [0.29, 0.717) is 26.9 Å². The van der Waals surface area contributed by atoms with E-state index in [1.165, 1.54) is 16.6 Å². The number of halogens is 2. The average molecular weight is 575 g/mol. The van der Waals surface area contributed by atoms with Gasteiger partial charge in [-0.2, -0.15) is 0 Å². The first kappa shape index (κ1) is 23.6. The van der Waals surface area contributed by atoms with Gasteiger partial charge in [0.25, 0.3) is 5.56 Å². The van der Waals surface area contributed by atoms with Crippen molar-refractivity contribution >= 4 is 72.4 Å². The second-order valence-corrected chi connectivity index (χ2v) is 11.5. The number of rotatable bonds is 5. The number of carbonyl (C=O) groups is 1. The van der Waals surface area contributed by atoms with Crippen LogP contribution in [0.1, 0.15) is 28.8 Å². The topological polar surface area (TPSA) is 64.0 Å². The molecule has 2 aromatic carbocycles. The van der Waals surface area contributed by atoms with Crippen molar-refractivity contribution in [1.29, 1.82) is 0 Å². The third-order valence-corrected chi connectivity index (χ3v) is 8.81. The Bertz CT molecular complexity index is 1460. The summed E-state index contributed by atoms with van der Waals surface area (Å²) in [5.74, 6) is -0.0475. The first-order valence-electron chi connectivity index (χ1n) is 10.9. The molecule has 1 N–H and O–H groups in total. The molecule has 1 aliphatic rings. The molecule has 2 heterocycles. The number of benzene rings is 2. The van der Waals surface area contributed by atoms with E-state index >= 15 is 0 Å². The zero-order valence-corrected chi connectivity index (χ0v) is 22.3. The number of fused-ring (bicyclic) bond motifs is 3. The van der Waals surface area contributed by atoms with Gasteiger partial charge in [-0.3, -0.25) is 14.2 Å². The SMILES string of the molecule is Cc1ccc(NC(=O)CSc2nc3sc4c(c3c(=O)n2-c2ccc(Cl)cc2)CCCC4)c(Br)c1. The van der Waals surface area contributed by atoms with E-state index in [2.05, 4.69) is 21.2 Å². The van der Waals surface area contributed by atoms with Crippen molar-refractivity contribution in [2.24, 2.45) is 0 Å². The predicted molar refractivity (Wildman–Crippen MR) is 145 cm³/mol. The molecule has 0 radical (unpaired) electrons. The van der Waals surface area contributed by atoms with Gasteiger partial charge in [0.05, 0.1) is 22.5 Å². The lowest BCUT2D eigenvalue weighted by atomic mass is 9.97. The van der Waals surface area contributed by atoms with E-state index in [1.807, 2.05) is 37.3 Å². The fraction of sp³-hybridized carbons (Fsp3) is 0.240. The number of amides is 1. The molecule has 1 aliphatic carbocycles. The van der Waals surface area contributed by atoms with Crippen LogP contribution in [0.3, 0.4) is 0 Å². The van der Waals surface area contributed by atoms with Crippen molar-refractivity contribution in [2.45, 2.75) is 37.8 Å². The highest BCUT2D eigenvalue weighted by atomic mass is 79.9. The van der Waals surface area contributed by atoms with Gasteiger partial charge in [0.1, 0.15) is 4.83 Å². The molecule has 0 saturated heterocycles. The fourth-order valence-electron chi connectivity index (χ4n) is 4.14. The van der Waals surface area contributed by atoms with Gasteiger partial charge in [0.15, 0.2) is 5.16 Å². The lowest BCUT2D eigenvalue weighted by Gasteiger charge is -2.14. The van der Waals surface area contributed by atoms with Crippen molar-refractivity contribution in [3.8, 4) is 5.69 Å². The summed E-state index contributed by atoms with van der Waals surface area (Å²) in [7, 11) is 0. The van der Waals surface area contributed by atoms with Gasteiger partial charge in [-0.25, -0.2) is 4.98 Å². The molecule has 0 unspecified atom stereocenters. The average Bonchev–Trinajstić information content (AvgIpc) is 3.19. The van der Waals surface area contributed by atoms with Crippen LogP contribution in [0.25, 0.3) is 15.9 Å². The largest absolute Gasteiger partial charge is 0.324 e. The quantitative estimate of drug-likeness (QED) is 0.211. The van der Waals surface area contributed by atoms with Crippen LogP contribution in [0.2, 0.25) is 5.02 Å². The number of thioether (sulfide) groups is 1. The molecule has 9 heteroatoms. The highest BCUT2D eigenvalue weighted by Crippen LogP contribution is 2.35. The molecule has 0 bridgehead atoms. The molecule has 0 spiro atoms. The van der Waals surface area contributed by atoms with Gasteiger partial charge in [0.2, 0.25) is 5.91 Å². The van der Waals surface area contributed by atoms with Crippen LogP contribution in [0, 0.1) is 6.92 Å². The van der Waals surface area contributed by atoms with Gasteiger partial charge < -0.3 is 5.32 Å². The maximum Gasteiger partial charge on any atom is 0.267 e. The molecule has 0 saturated carbocycles. The zero-order valence-electron chi connectivity index (χ0n) is 18.4. The number of carbonyl (C=O) groups excluding carboxylic acids is 1. The summed E-state index contributed by atoms with van der Waals surface area (Å²) < 4.78 is 2.44. The molecule has 5 rings (SSSR count). The normalized spacial score (nSPS) is 13.1. The van der Waals surface area contributed by atoms with Crippen LogP contribution in [0.15, 0.2) is 56.9 Å². The number of nitrogens with one attached hydrogen (secondary N) is 1. The Balaban J connectivity index is 1.51. The second kappa shape index (κ2) is 9.85.